The fraction of sp³-hybridized carbons (Fsp3) is 0.211. The maximum absolute atomic E-state index is 12.1. The number of fused-ring (bicyclic) bond motifs is 1. The highest BCUT2D eigenvalue weighted by molar-refractivity contribution is 5.88. The SMILES string of the molecule is O=C(Cc1c[nH]c2ccccc12)NCCCc1ccc(O)cc1. The number of hydrogen-bond donors (Lipinski definition) is 3. The lowest BCUT2D eigenvalue weighted by atomic mass is 10.1. The maximum Gasteiger partial charge on any atom is 0.224 e. The number of carbonyl (C=O) groups excluding carboxylic acids is 1. The Balaban J connectivity index is 1.45. The lowest BCUT2D eigenvalue weighted by Gasteiger charge is -2.05. The fourth-order valence-electron chi connectivity index (χ4n) is 2.70. The van der Waals surface area contributed by atoms with Gasteiger partial charge in [0.15, 0.2) is 0 Å². The molecular formula is C19H20N2O2. The van der Waals surface area contributed by atoms with Gasteiger partial charge in [-0.25, -0.2) is 0 Å². The normalized spacial score (nSPS) is 10.8. The van der Waals surface area contributed by atoms with Crippen LogP contribution in [0.4, 0.5) is 0 Å². The Labute approximate surface area is 135 Å². The van der Waals surface area contributed by atoms with Gasteiger partial charge in [-0.2, -0.15) is 0 Å². The molecule has 1 aromatic heterocycles. The molecule has 3 rings (SSSR count). The highest BCUT2D eigenvalue weighted by Crippen LogP contribution is 2.18. The molecule has 1 amide bonds. The summed E-state index contributed by atoms with van der Waals surface area (Å²) in [6.07, 6.45) is 4.06. The summed E-state index contributed by atoms with van der Waals surface area (Å²) in [5.41, 5.74) is 3.24. The number of amides is 1. The zero-order chi connectivity index (χ0) is 16.1. The van der Waals surface area contributed by atoms with Gasteiger partial charge in [0.2, 0.25) is 5.91 Å². The molecule has 23 heavy (non-hydrogen) atoms. The van der Waals surface area contributed by atoms with Crippen molar-refractivity contribution in [3.63, 3.8) is 0 Å². The Morgan fingerprint density at radius 1 is 1.09 bits per heavy atom. The molecule has 0 aliphatic heterocycles. The molecule has 4 heteroatoms. The van der Waals surface area contributed by atoms with E-state index in [1.165, 1.54) is 0 Å². The molecule has 0 spiro atoms. The Bertz CT molecular complexity index is 790. The first-order valence-electron chi connectivity index (χ1n) is 7.82. The average molecular weight is 308 g/mol. The van der Waals surface area contributed by atoms with Crippen LogP contribution in [0.5, 0.6) is 5.75 Å². The Kier molecular flexibility index (Phi) is 4.62. The summed E-state index contributed by atoms with van der Waals surface area (Å²) < 4.78 is 0. The molecule has 118 valence electrons. The van der Waals surface area contributed by atoms with Gasteiger partial charge in [-0.15, -0.1) is 0 Å². The van der Waals surface area contributed by atoms with Crippen LogP contribution in [0, 0.1) is 0 Å². The van der Waals surface area contributed by atoms with E-state index in [2.05, 4.69) is 10.3 Å². The van der Waals surface area contributed by atoms with E-state index >= 15 is 0 Å². The summed E-state index contributed by atoms with van der Waals surface area (Å²) in [6, 6.07) is 15.2. The van der Waals surface area contributed by atoms with Crippen LogP contribution in [0.1, 0.15) is 17.5 Å². The summed E-state index contributed by atoms with van der Waals surface area (Å²) in [6.45, 7) is 0.655. The summed E-state index contributed by atoms with van der Waals surface area (Å²) in [5.74, 6) is 0.321. The molecule has 0 atom stereocenters. The molecule has 0 unspecified atom stereocenters. The molecule has 2 aromatic carbocycles. The minimum Gasteiger partial charge on any atom is -0.508 e. The number of H-pyrrole nitrogens is 1. The third kappa shape index (κ3) is 3.92. The molecule has 4 nitrogen and oxygen atoms in total. The second kappa shape index (κ2) is 7.01. The maximum atomic E-state index is 12.1. The van der Waals surface area contributed by atoms with E-state index in [-0.39, 0.29) is 11.7 Å². The number of hydrogen-bond acceptors (Lipinski definition) is 2. The number of nitrogens with one attached hydrogen (secondary N) is 2. The van der Waals surface area contributed by atoms with E-state index in [0.29, 0.717) is 13.0 Å². The first-order chi connectivity index (χ1) is 11.2. The summed E-state index contributed by atoms with van der Waals surface area (Å²) >= 11 is 0. The van der Waals surface area contributed by atoms with E-state index in [9.17, 15) is 9.90 Å². The first kappa shape index (κ1) is 15.2. The minimum atomic E-state index is 0.0421. The number of para-hydroxylation sites is 1. The fourth-order valence-corrected chi connectivity index (χ4v) is 2.70. The standard InChI is InChI=1S/C19H20N2O2/c22-16-9-7-14(8-10-16)4-3-11-20-19(23)12-15-13-21-18-6-2-1-5-17(15)18/h1-2,5-10,13,21-22H,3-4,11-12H2,(H,20,23). The van der Waals surface area contributed by atoms with Gasteiger partial charge in [0.25, 0.3) is 0 Å². The Morgan fingerprint density at radius 2 is 1.87 bits per heavy atom. The number of benzene rings is 2. The number of aromatic hydroxyl groups is 1. The number of phenolic OH excluding ortho intramolecular Hbond substituents is 1. The van der Waals surface area contributed by atoms with Crippen LogP contribution in [0.25, 0.3) is 10.9 Å². The molecule has 0 saturated heterocycles. The van der Waals surface area contributed by atoms with Crippen molar-refractivity contribution in [1.29, 1.82) is 0 Å². The monoisotopic (exact) mass is 308 g/mol. The van der Waals surface area contributed by atoms with Gasteiger partial charge in [-0.05, 0) is 42.2 Å². The number of rotatable bonds is 6. The topological polar surface area (TPSA) is 65.1 Å². The molecular weight excluding hydrogens is 288 g/mol. The van der Waals surface area contributed by atoms with Crippen molar-refractivity contribution in [1.82, 2.24) is 10.3 Å². The summed E-state index contributed by atoms with van der Waals surface area (Å²) in [5, 5.41) is 13.3. The van der Waals surface area contributed by atoms with Gasteiger partial charge in [0.1, 0.15) is 5.75 Å². The van der Waals surface area contributed by atoms with Crippen molar-refractivity contribution in [2.24, 2.45) is 0 Å². The third-order valence-electron chi connectivity index (χ3n) is 3.93. The first-order valence-corrected chi connectivity index (χ1v) is 7.82. The van der Waals surface area contributed by atoms with Crippen LogP contribution in [0.15, 0.2) is 54.7 Å². The predicted molar refractivity (Wildman–Crippen MR) is 91.4 cm³/mol. The van der Waals surface area contributed by atoms with E-state index in [0.717, 1.165) is 34.9 Å². The average Bonchev–Trinajstić information content (AvgIpc) is 2.96. The molecule has 0 fully saturated rings. The largest absolute Gasteiger partial charge is 0.508 e. The number of aryl methyl sites for hydroxylation is 1. The van der Waals surface area contributed by atoms with Crippen molar-refractivity contribution < 1.29 is 9.90 Å². The van der Waals surface area contributed by atoms with Gasteiger partial charge in [0, 0.05) is 23.6 Å². The van der Waals surface area contributed by atoms with Crippen LogP contribution in [-0.4, -0.2) is 22.5 Å². The second-order valence-corrected chi connectivity index (χ2v) is 5.66. The van der Waals surface area contributed by atoms with Gasteiger partial charge in [0.05, 0.1) is 6.42 Å². The van der Waals surface area contributed by atoms with Crippen molar-refractivity contribution >= 4 is 16.8 Å². The highest BCUT2D eigenvalue weighted by atomic mass is 16.3. The Morgan fingerprint density at radius 3 is 2.70 bits per heavy atom. The van der Waals surface area contributed by atoms with E-state index in [4.69, 9.17) is 0 Å². The van der Waals surface area contributed by atoms with Crippen LogP contribution in [0.3, 0.4) is 0 Å². The molecule has 0 bridgehead atoms. The molecule has 0 aliphatic rings. The zero-order valence-corrected chi connectivity index (χ0v) is 12.9. The number of carbonyl (C=O) groups is 1. The molecule has 0 radical (unpaired) electrons. The van der Waals surface area contributed by atoms with E-state index in [1.54, 1.807) is 12.1 Å². The minimum absolute atomic E-state index is 0.0421. The van der Waals surface area contributed by atoms with E-state index < -0.39 is 0 Å². The number of aromatic amines is 1. The highest BCUT2D eigenvalue weighted by Gasteiger charge is 2.07. The van der Waals surface area contributed by atoms with Crippen molar-refractivity contribution in [3.8, 4) is 5.75 Å². The number of phenols is 1. The van der Waals surface area contributed by atoms with Crippen LogP contribution < -0.4 is 5.32 Å². The van der Waals surface area contributed by atoms with Crippen molar-refractivity contribution in [2.45, 2.75) is 19.3 Å². The lowest BCUT2D eigenvalue weighted by Crippen LogP contribution is -2.26. The van der Waals surface area contributed by atoms with Gasteiger partial charge >= 0.3 is 0 Å². The molecule has 3 N–H and O–H groups in total. The lowest BCUT2D eigenvalue weighted by molar-refractivity contribution is -0.120. The zero-order valence-electron chi connectivity index (χ0n) is 12.9. The van der Waals surface area contributed by atoms with Crippen molar-refractivity contribution in [3.05, 3.63) is 65.9 Å². The summed E-state index contributed by atoms with van der Waals surface area (Å²) in [4.78, 5) is 15.2. The van der Waals surface area contributed by atoms with Crippen LogP contribution >= 0.6 is 0 Å². The van der Waals surface area contributed by atoms with Crippen molar-refractivity contribution in [2.75, 3.05) is 6.54 Å². The Hall–Kier alpha value is -2.75. The number of aromatic nitrogens is 1. The smallest absolute Gasteiger partial charge is 0.224 e. The quantitative estimate of drug-likeness (QED) is 0.612. The van der Waals surface area contributed by atoms with E-state index in [1.807, 2.05) is 42.6 Å². The molecule has 3 aromatic rings. The molecule has 0 aliphatic carbocycles. The van der Waals surface area contributed by atoms with Gasteiger partial charge in [-0.3, -0.25) is 4.79 Å². The van der Waals surface area contributed by atoms with Gasteiger partial charge < -0.3 is 15.4 Å². The third-order valence-corrected chi connectivity index (χ3v) is 3.93. The predicted octanol–water partition coefficient (Wildman–Crippen LogP) is 3.17. The summed E-state index contributed by atoms with van der Waals surface area (Å²) in [7, 11) is 0. The van der Waals surface area contributed by atoms with Crippen LogP contribution in [-0.2, 0) is 17.6 Å². The van der Waals surface area contributed by atoms with Gasteiger partial charge in [-0.1, -0.05) is 30.3 Å². The second-order valence-electron chi connectivity index (χ2n) is 5.66. The molecule has 0 saturated carbocycles. The molecule has 1 heterocycles. The van der Waals surface area contributed by atoms with Crippen LogP contribution in [0.2, 0.25) is 0 Å².